The number of tetrazole rings is 1. The maximum atomic E-state index is 13.1. The minimum atomic E-state index is -1.76. The van der Waals surface area contributed by atoms with Crippen LogP contribution in [0.15, 0.2) is 5.16 Å². The van der Waals surface area contributed by atoms with Gasteiger partial charge in [0.05, 0.1) is 6.54 Å². The molecule has 1 aromatic rings. The summed E-state index contributed by atoms with van der Waals surface area (Å²) in [7, 11) is 0. The van der Waals surface area contributed by atoms with Gasteiger partial charge < -0.3 is 15.7 Å². The number of nitrogens with one attached hydrogen (secondary N) is 2. The number of carbonyl (C=O) groups excluding carboxylic acids is 2. The van der Waals surface area contributed by atoms with Crippen molar-refractivity contribution in [1.82, 2.24) is 25.9 Å². The van der Waals surface area contributed by atoms with E-state index in [0.29, 0.717) is 0 Å². The molecule has 1 aromatic heterocycles. The first kappa shape index (κ1) is 20.8. The molecular weight excluding hydrogens is 344 g/mol. The van der Waals surface area contributed by atoms with Crippen LogP contribution >= 0.6 is 0 Å². The number of aromatic nitrogens is 4. The fourth-order valence-electron chi connectivity index (χ4n) is 1.79. The Hall–Kier alpha value is -3.20. The van der Waals surface area contributed by atoms with E-state index in [-0.39, 0.29) is 18.3 Å². The van der Waals surface area contributed by atoms with Gasteiger partial charge in [-0.25, -0.2) is 14.8 Å². The summed E-state index contributed by atoms with van der Waals surface area (Å²) in [6, 6.07) is 0. The molecule has 0 bridgehead atoms. The van der Waals surface area contributed by atoms with Gasteiger partial charge in [0.15, 0.2) is 11.4 Å². The molecule has 1 heterocycles. The lowest BCUT2D eigenvalue weighted by molar-refractivity contribution is -0.121. The number of ether oxygens (including phenoxy) is 1. The molecular formula is C14H22N8O4. The van der Waals surface area contributed by atoms with Crippen LogP contribution in [0.3, 0.4) is 0 Å². The Morgan fingerprint density at radius 3 is 2.54 bits per heavy atom. The molecule has 0 aliphatic rings. The van der Waals surface area contributed by atoms with Gasteiger partial charge in [0.1, 0.15) is 5.60 Å². The molecule has 1 atom stereocenters. The second-order valence-electron chi connectivity index (χ2n) is 6.27. The van der Waals surface area contributed by atoms with Crippen molar-refractivity contribution in [2.45, 2.75) is 45.8 Å². The zero-order valence-electron chi connectivity index (χ0n) is 15.2. The first-order valence-corrected chi connectivity index (χ1v) is 7.52. The van der Waals surface area contributed by atoms with Crippen molar-refractivity contribution in [3.8, 4) is 11.8 Å². The van der Waals surface area contributed by atoms with Gasteiger partial charge in [-0.15, -0.1) is 0 Å². The SMILES string of the molecule is C/C(=N/O)N(C(=O)C(C)(C#CCN)NC(=O)OC(C)(C)C)c1nnn[nH]1. The normalized spacial score (nSPS) is 13.8. The fraction of sp³-hybridized carbons (Fsp3) is 0.571. The summed E-state index contributed by atoms with van der Waals surface area (Å²) in [5, 5.41) is 27.2. The van der Waals surface area contributed by atoms with Crippen molar-refractivity contribution in [3.63, 3.8) is 0 Å². The van der Waals surface area contributed by atoms with Crippen molar-refractivity contribution >= 4 is 23.8 Å². The minimum absolute atomic E-state index is 0.0458. The maximum Gasteiger partial charge on any atom is 0.409 e. The highest BCUT2D eigenvalue weighted by molar-refractivity contribution is 6.19. The number of anilines is 1. The van der Waals surface area contributed by atoms with Crippen LogP contribution in [0.2, 0.25) is 0 Å². The number of carbonyl (C=O) groups is 2. The molecule has 0 fully saturated rings. The van der Waals surface area contributed by atoms with Gasteiger partial charge in [-0.1, -0.05) is 22.1 Å². The summed E-state index contributed by atoms with van der Waals surface area (Å²) in [6.45, 7) is 7.66. The van der Waals surface area contributed by atoms with Gasteiger partial charge in [0.25, 0.3) is 11.9 Å². The van der Waals surface area contributed by atoms with Crippen LogP contribution in [0.5, 0.6) is 0 Å². The Bertz CT molecular complexity index is 728. The number of oxime groups is 1. The average Bonchev–Trinajstić information content (AvgIpc) is 3.04. The molecule has 142 valence electrons. The Labute approximate surface area is 150 Å². The van der Waals surface area contributed by atoms with Crippen molar-refractivity contribution in [1.29, 1.82) is 0 Å². The third-order valence-electron chi connectivity index (χ3n) is 2.84. The predicted octanol–water partition coefficient (Wildman–Crippen LogP) is -0.414. The minimum Gasteiger partial charge on any atom is -0.444 e. The zero-order valence-corrected chi connectivity index (χ0v) is 15.2. The lowest BCUT2D eigenvalue weighted by Crippen LogP contribution is -2.59. The van der Waals surface area contributed by atoms with Crippen molar-refractivity contribution < 1.29 is 19.5 Å². The van der Waals surface area contributed by atoms with Gasteiger partial charge in [0.2, 0.25) is 0 Å². The van der Waals surface area contributed by atoms with E-state index in [4.69, 9.17) is 15.7 Å². The van der Waals surface area contributed by atoms with Gasteiger partial charge >= 0.3 is 6.09 Å². The summed E-state index contributed by atoms with van der Waals surface area (Å²) in [6.07, 6.45) is -0.867. The molecule has 0 aromatic carbocycles. The van der Waals surface area contributed by atoms with Gasteiger partial charge in [-0.2, -0.15) is 0 Å². The Kier molecular flexibility index (Phi) is 6.62. The third kappa shape index (κ3) is 5.42. The van der Waals surface area contributed by atoms with E-state index >= 15 is 0 Å². The molecule has 1 rings (SSSR count). The molecule has 0 spiro atoms. The summed E-state index contributed by atoms with van der Waals surface area (Å²) >= 11 is 0. The third-order valence-corrected chi connectivity index (χ3v) is 2.84. The molecule has 5 N–H and O–H groups in total. The van der Waals surface area contributed by atoms with Gasteiger partial charge in [-0.05, 0) is 45.0 Å². The van der Waals surface area contributed by atoms with Crippen LogP contribution in [0.1, 0.15) is 34.6 Å². The number of nitrogens with zero attached hydrogens (tertiary/aromatic N) is 5. The Balaban J connectivity index is 3.28. The molecule has 12 heteroatoms. The summed E-state index contributed by atoms with van der Waals surface area (Å²) in [4.78, 5) is 26.1. The van der Waals surface area contributed by atoms with Crippen LogP contribution in [-0.4, -0.2) is 61.4 Å². The number of alkyl carbamates (subject to hydrolysis) is 1. The number of aromatic amines is 1. The number of amides is 2. The zero-order chi connectivity index (χ0) is 20.0. The smallest absolute Gasteiger partial charge is 0.409 e. The largest absolute Gasteiger partial charge is 0.444 e. The highest BCUT2D eigenvalue weighted by Crippen LogP contribution is 2.16. The number of H-pyrrole nitrogens is 1. The number of rotatable bonds is 3. The lowest BCUT2D eigenvalue weighted by atomic mass is 10.0. The molecule has 0 aliphatic heterocycles. The van der Waals surface area contributed by atoms with Crippen LogP contribution in [0, 0.1) is 11.8 Å². The molecule has 0 saturated heterocycles. The topological polar surface area (TPSA) is 172 Å². The Morgan fingerprint density at radius 2 is 2.08 bits per heavy atom. The highest BCUT2D eigenvalue weighted by atomic mass is 16.6. The fourth-order valence-corrected chi connectivity index (χ4v) is 1.79. The Morgan fingerprint density at radius 1 is 1.42 bits per heavy atom. The monoisotopic (exact) mass is 366 g/mol. The molecule has 0 radical (unpaired) electrons. The predicted molar refractivity (Wildman–Crippen MR) is 91.2 cm³/mol. The van der Waals surface area contributed by atoms with Gasteiger partial charge in [0, 0.05) is 0 Å². The summed E-state index contributed by atoms with van der Waals surface area (Å²) in [5.41, 5.74) is 2.83. The second kappa shape index (κ2) is 8.26. The van der Waals surface area contributed by atoms with E-state index in [1.807, 2.05) is 0 Å². The average molecular weight is 366 g/mol. The number of hydrogen-bond donors (Lipinski definition) is 4. The number of nitrogens with two attached hydrogens (primary N) is 1. The summed E-state index contributed by atoms with van der Waals surface area (Å²) < 4.78 is 5.17. The van der Waals surface area contributed by atoms with Crippen LogP contribution in [0.25, 0.3) is 0 Å². The number of hydrogen-bond acceptors (Lipinski definition) is 9. The maximum absolute atomic E-state index is 13.1. The first-order valence-electron chi connectivity index (χ1n) is 7.52. The molecule has 0 saturated carbocycles. The van der Waals surface area contributed by atoms with Crippen molar-refractivity contribution in [2.75, 3.05) is 11.4 Å². The molecule has 12 nitrogen and oxygen atoms in total. The van der Waals surface area contributed by atoms with E-state index in [1.54, 1.807) is 20.8 Å². The van der Waals surface area contributed by atoms with Crippen molar-refractivity contribution in [2.24, 2.45) is 10.9 Å². The highest BCUT2D eigenvalue weighted by Gasteiger charge is 2.41. The number of amidine groups is 1. The van der Waals surface area contributed by atoms with E-state index in [1.165, 1.54) is 13.8 Å². The summed E-state index contributed by atoms with van der Waals surface area (Å²) in [5.74, 6) is 4.05. The van der Waals surface area contributed by atoms with E-state index in [0.717, 1.165) is 4.90 Å². The molecule has 0 aliphatic carbocycles. The van der Waals surface area contributed by atoms with Crippen LogP contribution in [-0.2, 0) is 9.53 Å². The second-order valence-corrected chi connectivity index (χ2v) is 6.27. The first-order chi connectivity index (χ1) is 12.0. The van der Waals surface area contributed by atoms with E-state index < -0.39 is 23.1 Å². The standard InChI is InChI=1S/C14H22N8O4/c1-9(19-25)22(11-17-20-21-18-11)10(23)14(5,7-6-8-15)16-12(24)26-13(2,3)4/h25H,8,15H2,1-5H3,(H,16,24)(H,17,18,20,21)/b19-9-. The van der Waals surface area contributed by atoms with Crippen LogP contribution < -0.4 is 16.0 Å². The van der Waals surface area contributed by atoms with Crippen LogP contribution in [0.4, 0.5) is 10.7 Å². The van der Waals surface area contributed by atoms with Crippen molar-refractivity contribution in [3.05, 3.63) is 0 Å². The lowest BCUT2D eigenvalue weighted by Gasteiger charge is -2.30. The van der Waals surface area contributed by atoms with E-state index in [9.17, 15) is 9.59 Å². The molecule has 2 amide bonds. The quantitative estimate of drug-likeness (QED) is 0.184. The van der Waals surface area contributed by atoms with Gasteiger partial charge in [-0.3, -0.25) is 10.1 Å². The van der Waals surface area contributed by atoms with E-state index in [2.05, 4.69) is 42.9 Å². The molecule has 26 heavy (non-hydrogen) atoms. The molecule has 1 unspecified atom stereocenters.